The number of benzene rings is 1. The molecule has 5 nitrogen and oxygen atoms in total. The fourth-order valence-corrected chi connectivity index (χ4v) is 3.83. The molecule has 1 aromatic carbocycles. The first-order valence-corrected chi connectivity index (χ1v) is 8.80. The maximum atomic E-state index is 12.3. The molecular weight excluding hydrogens is 358 g/mol. The second kappa shape index (κ2) is 7.25. The Labute approximate surface area is 154 Å². The quantitative estimate of drug-likeness (QED) is 0.459. The molecular formula is C18H15NO4S2. The predicted octanol–water partition coefficient (Wildman–Crippen LogP) is 3.95. The monoisotopic (exact) mass is 373 g/mol. The van der Waals surface area contributed by atoms with Gasteiger partial charge in [-0.25, -0.2) is 4.79 Å². The third-order valence-corrected chi connectivity index (χ3v) is 5.07. The van der Waals surface area contributed by atoms with Gasteiger partial charge in [-0.2, -0.15) is 0 Å². The van der Waals surface area contributed by atoms with E-state index in [4.69, 9.17) is 21.4 Å². The lowest BCUT2D eigenvalue weighted by molar-refractivity contribution is -0.122. The van der Waals surface area contributed by atoms with Gasteiger partial charge in [-0.1, -0.05) is 42.2 Å². The fraction of sp³-hybridized carbons (Fsp3) is 0.167. The summed E-state index contributed by atoms with van der Waals surface area (Å²) in [6.07, 6.45) is 1.67. The summed E-state index contributed by atoms with van der Waals surface area (Å²) in [5.74, 6) is 0.493. The maximum absolute atomic E-state index is 12.3. The number of rotatable bonds is 4. The number of nitrogens with zero attached hydrogens (tertiary/aromatic N) is 1. The predicted molar refractivity (Wildman–Crippen MR) is 101 cm³/mol. The number of methoxy groups -OCH3 is 1. The number of ether oxygens (including phenoxy) is 1. The Morgan fingerprint density at radius 3 is 2.76 bits per heavy atom. The van der Waals surface area contributed by atoms with E-state index in [0.717, 1.165) is 0 Å². The largest absolute Gasteiger partial charge is 0.465 e. The number of hydrogen-bond acceptors (Lipinski definition) is 6. The van der Waals surface area contributed by atoms with Crippen LogP contribution in [0.5, 0.6) is 0 Å². The topological polar surface area (TPSA) is 59.8 Å². The fourth-order valence-electron chi connectivity index (χ4n) is 2.46. The molecule has 0 unspecified atom stereocenters. The number of thiocarbonyl (C=S) groups is 1. The second-order valence-corrected chi connectivity index (χ2v) is 6.84. The van der Waals surface area contributed by atoms with E-state index in [1.165, 1.54) is 18.9 Å². The van der Waals surface area contributed by atoms with Crippen LogP contribution in [0, 0.1) is 0 Å². The minimum atomic E-state index is -0.433. The summed E-state index contributed by atoms with van der Waals surface area (Å²) in [4.78, 5) is 26.2. The zero-order valence-electron chi connectivity index (χ0n) is 13.6. The minimum Gasteiger partial charge on any atom is -0.465 e. The van der Waals surface area contributed by atoms with Gasteiger partial charge >= 0.3 is 5.97 Å². The molecule has 7 heteroatoms. The van der Waals surface area contributed by atoms with E-state index in [0.29, 0.717) is 38.4 Å². The molecule has 0 bridgehead atoms. The molecule has 0 aliphatic carbocycles. The van der Waals surface area contributed by atoms with Gasteiger partial charge in [-0.15, -0.1) is 0 Å². The Morgan fingerprint density at radius 1 is 1.32 bits per heavy atom. The molecule has 25 heavy (non-hydrogen) atoms. The molecule has 2 heterocycles. The van der Waals surface area contributed by atoms with Crippen molar-refractivity contribution in [3.8, 4) is 11.3 Å². The Kier molecular flexibility index (Phi) is 5.06. The number of likely N-dealkylation sites (N-methyl/N-ethyl adjacent to an activating group) is 1. The van der Waals surface area contributed by atoms with Gasteiger partial charge in [0.25, 0.3) is 5.91 Å². The lowest BCUT2D eigenvalue weighted by Gasteiger charge is -2.09. The van der Waals surface area contributed by atoms with E-state index in [1.807, 2.05) is 13.0 Å². The zero-order valence-corrected chi connectivity index (χ0v) is 15.3. The third-order valence-electron chi connectivity index (χ3n) is 3.69. The highest BCUT2D eigenvalue weighted by atomic mass is 32.2. The summed E-state index contributed by atoms with van der Waals surface area (Å²) in [6, 6.07) is 10.5. The molecule has 1 fully saturated rings. The summed E-state index contributed by atoms with van der Waals surface area (Å²) < 4.78 is 11.2. The van der Waals surface area contributed by atoms with Crippen LogP contribution in [0.4, 0.5) is 0 Å². The number of thioether (sulfide) groups is 1. The Balaban J connectivity index is 1.92. The van der Waals surface area contributed by atoms with Crippen LogP contribution in [-0.4, -0.2) is 34.8 Å². The SMILES string of the molecule is CCN1C(=O)C(=Cc2ccc(-c3ccccc3C(=O)OC)o2)SC1=S. The van der Waals surface area contributed by atoms with E-state index in [9.17, 15) is 9.59 Å². The first-order valence-electron chi connectivity index (χ1n) is 7.58. The molecule has 2 aromatic rings. The van der Waals surface area contributed by atoms with E-state index in [2.05, 4.69) is 0 Å². The molecule has 1 saturated heterocycles. The normalized spacial score (nSPS) is 15.9. The van der Waals surface area contributed by atoms with E-state index >= 15 is 0 Å². The minimum absolute atomic E-state index is 0.120. The van der Waals surface area contributed by atoms with Crippen molar-refractivity contribution in [2.75, 3.05) is 13.7 Å². The Bertz CT molecular complexity index is 885. The number of carbonyl (C=O) groups excluding carboxylic acids is 2. The zero-order chi connectivity index (χ0) is 18.0. The second-order valence-electron chi connectivity index (χ2n) is 5.17. The van der Waals surface area contributed by atoms with Gasteiger partial charge in [0.2, 0.25) is 0 Å². The number of esters is 1. The van der Waals surface area contributed by atoms with Gasteiger partial charge in [-0.05, 0) is 25.1 Å². The van der Waals surface area contributed by atoms with Crippen molar-refractivity contribution in [2.24, 2.45) is 0 Å². The molecule has 1 amide bonds. The van der Waals surface area contributed by atoms with Crippen LogP contribution >= 0.6 is 24.0 Å². The molecule has 0 N–H and O–H groups in total. The van der Waals surface area contributed by atoms with Crippen molar-refractivity contribution in [1.82, 2.24) is 4.90 Å². The van der Waals surface area contributed by atoms with Crippen LogP contribution in [0.2, 0.25) is 0 Å². The molecule has 0 spiro atoms. The summed E-state index contributed by atoms with van der Waals surface area (Å²) in [6.45, 7) is 2.42. The number of furan rings is 1. The highest BCUT2D eigenvalue weighted by molar-refractivity contribution is 8.26. The molecule has 0 radical (unpaired) electrons. The number of carbonyl (C=O) groups is 2. The average molecular weight is 373 g/mol. The highest BCUT2D eigenvalue weighted by Gasteiger charge is 2.30. The van der Waals surface area contributed by atoms with Crippen LogP contribution in [0.25, 0.3) is 17.4 Å². The van der Waals surface area contributed by atoms with Crippen molar-refractivity contribution in [2.45, 2.75) is 6.92 Å². The van der Waals surface area contributed by atoms with Crippen LogP contribution in [-0.2, 0) is 9.53 Å². The van der Waals surface area contributed by atoms with Gasteiger partial charge in [0.1, 0.15) is 15.8 Å². The van der Waals surface area contributed by atoms with Crippen molar-refractivity contribution >= 4 is 46.3 Å². The molecule has 0 saturated carbocycles. The molecule has 1 aromatic heterocycles. The average Bonchev–Trinajstić information content (AvgIpc) is 3.19. The number of amides is 1. The summed E-state index contributed by atoms with van der Waals surface area (Å²) >= 11 is 6.45. The van der Waals surface area contributed by atoms with Gasteiger partial charge < -0.3 is 9.15 Å². The molecule has 0 atom stereocenters. The van der Waals surface area contributed by atoms with Crippen LogP contribution < -0.4 is 0 Å². The summed E-state index contributed by atoms with van der Waals surface area (Å²) in [5, 5.41) is 0. The lowest BCUT2D eigenvalue weighted by Crippen LogP contribution is -2.27. The first-order chi connectivity index (χ1) is 12.0. The Morgan fingerprint density at radius 2 is 2.08 bits per heavy atom. The van der Waals surface area contributed by atoms with Crippen molar-refractivity contribution < 1.29 is 18.7 Å². The molecule has 128 valence electrons. The van der Waals surface area contributed by atoms with E-state index in [1.54, 1.807) is 41.3 Å². The Hall–Kier alpha value is -2.38. The van der Waals surface area contributed by atoms with Crippen molar-refractivity contribution in [3.63, 3.8) is 0 Å². The first kappa shape index (κ1) is 17.4. The van der Waals surface area contributed by atoms with Crippen LogP contribution in [0.3, 0.4) is 0 Å². The van der Waals surface area contributed by atoms with E-state index in [-0.39, 0.29) is 5.91 Å². The van der Waals surface area contributed by atoms with Crippen molar-refractivity contribution in [3.05, 3.63) is 52.6 Å². The standard InChI is InChI=1S/C18H15NO4S2/c1-3-19-16(20)15(25-18(19)24)10-11-8-9-14(23-11)12-6-4-5-7-13(12)17(21)22-2/h4-10H,3H2,1-2H3. The van der Waals surface area contributed by atoms with Gasteiger partial charge in [0, 0.05) is 18.2 Å². The number of hydrogen-bond donors (Lipinski definition) is 0. The van der Waals surface area contributed by atoms with Gasteiger partial charge in [0.05, 0.1) is 17.6 Å². The third kappa shape index (κ3) is 3.38. The van der Waals surface area contributed by atoms with E-state index < -0.39 is 5.97 Å². The highest BCUT2D eigenvalue weighted by Crippen LogP contribution is 2.33. The molecule has 3 rings (SSSR count). The van der Waals surface area contributed by atoms with Crippen LogP contribution in [0.1, 0.15) is 23.0 Å². The van der Waals surface area contributed by atoms with Gasteiger partial charge in [0.15, 0.2) is 0 Å². The lowest BCUT2D eigenvalue weighted by atomic mass is 10.1. The maximum Gasteiger partial charge on any atom is 0.338 e. The molecule has 1 aliphatic heterocycles. The molecule has 1 aliphatic rings. The summed E-state index contributed by atoms with van der Waals surface area (Å²) in [5.41, 5.74) is 1.05. The van der Waals surface area contributed by atoms with Gasteiger partial charge in [-0.3, -0.25) is 9.69 Å². The smallest absolute Gasteiger partial charge is 0.338 e. The summed E-state index contributed by atoms with van der Waals surface area (Å²) in [7, 11) is 1.34. The van der Waals surface area contributed by atoms with Crippen LogP contribution in [0.15, 0.2) is 45.7 Å². The van der Waals surface area contributed by atoms with Crippen molar-refractivity contribution in [1.29, 1.82) is 0 Å².